The molecule has 1 unspecified atom stereocenters. The number of benzene rings is 1. The minimum Gasteiger partial charge on any atom is -0.480 e. The van der Waals surface area contributed by atoms with Crippen LogP contribution < -0.4 is 15.8 Å². The molecule has 1 aliphatic carbocycles. The van der Waals surface area contributed by atoms with Gasteiger partial charge >= 0.3 is 0 Å². The molecule has 0 heterocycles. The lowest BCUT2D eigenvalue weighted by Crippen LogP contribution is -2.41. The highest BCUT2D eigenvalue weighted by Gasteiger charge is 2.23. The van der Waals surface area contributed by atoms with Crippen molar-refractivity contribution in [2.45, 2.75) is 44.8 Å². The quantitative estimate of drug-likeness (QED) is 0.819. The third-order valence-electron chi connectivity index (χ3n) is 3.60. The summed E-state index contributed by atoms with van der Waals surface area (Å²) in [5.74, 6) is -0.569. The Kier molecular flexibility index (Phi) is 5.12. The summed E-state index contributed by atoms with van der Waals surface area (Å²) in [5.41, 5.74) is 5.55. The lowest BCUT2D eigenvalue weighted by Gasteiger charge is -2.19. The van der Waals surface area contributed by atoms with Crippen LogP contribution in [-0.2, 0) is 4.79 Å². The van der Waals surface area contributed by atoms with E-state index in [1.54, 1.807) is 13.0 Å². The maximum Gasteiger partial charge on any atom is 0.260 e. The van der Waals surface area contributed by atoms with Gasteiger partial charge in [-0.25, -0.2) is 4.39 Å². The zero-order chi connectivity index (χ0) is 15.4. The molecule has 0 aromatic heterocycles. The van der Waals surface area contributed by atoms with E-state index >= 15 is 0 Å². The van der Waals surface area contributed by atoms with Gasteiger partial charge in [0.1, 0.15) is 16.6 Å². The topological polar surface area (TPSA) is 64.3 Å². The molecule has 1 fully saturated rings. The predicted molar refractivity (Wildman–Crippen MR) is 82.8 cm³/mol. The summed E-state index contributed by atoms with van der Waals surface area (Å²) < 4.78 is 19.3. The molecule has 1 atom stereocenters. The van der Waals surface area contributed by atoms with Gasteiger partial charge in [-0.1, -0.05) is 31.1 Å². The number of amides is 1. The second kappa shape index (κ2) is 6.85. The van der Waals surface area contributed by atoms with Crippen LogP contribution in [0.25, 0.3) is 0 Å². The first-order chi connectivity index (χ1) is 9.99. The van der Waals surface area contributed by atoms with Gasteiger partial charge in [-0.2, -0.15) is 0 Å². The SMILES string of the molecule is CC(Oc1cccc(F)c1C(N)=S)C(=O)NC1CCCC1. The van der Waals surface area contributed by atoms with E-state index in [-0.39, 0.29) is 28.3 Å². The Hall–Kier alpha value is -1.69. The molecule has 0 saturated heterocycles. The van der Waals surface area contributed by atoms with Crippen molar-refractivity contribution in [2.24, 2.45) is 5.73 Å². The van der Waals surface area contributed by atoms with Crippen LogP contribution in [0.1, 0.15) is 38.2 Å². The Bertz CT molecular complexity index is 544. The van der Waals surface area contributed by atoms with Gasteiger partial charge in [0.25, 0.3) is 5.91 Å². The number of carbonyl (C=O) groups excluding carboxylic acids is 1. The minimum atomic E-state index is -0.736. The summed E-state index contributed by atoms with van der Waals surface area (Å²) in [5, 5.41) is 2.94. The molecular formula is C15H19FN2O2S. The van der Waals surface area contributed by atoms with Crippen LogP contribution in [-0.4, -0.2) is 23.0 Å². The number of ether oxygens (including phenoxy) is 1. The summed E-state index contributed by atoms with van der Waals surface area (Å²) in [6.45, 7) is 1.62. The molecule has 6 heteroatoms. The van der Waals surface area contributed by atoms with Crippen LogP contribution >= 0.6 is 12.2 Å². The zero-order valence-electron chi connectivity index (χ0n) is 11.9. The Morgan fingerprint density at radius 2 is 2.14 bits per heavy atom. The minimum absolute atomic E-state index is 0.0352. The van der Waals surface area contributed by atoms with E-state index in [9.17, 15) is 9.18 Å². The number of carbonyl (C=O) groups is 1. The summed E-state index contributed by atoms with van der Waals surface area (Å²) in [6, 6.07) is 4.52. The normalized spacial score (nSPS) is 16.5. The van der Waals surface area contributed by atoms with Crippen molar-refractivity contribution in [3.05, 3.63) is 29.6 Å². The standard InChI is InChI=1S/C15H19FN2O2S/c1-9(15(19)18-10-5-2-3-6-10)20-12-8-4-7-11(16)13(12)14(17)21/h4,7-10H,2-3,5-6H2,1H3,(H2,17,21)(H,18,19). The van der Waals surface area contributed by atoms with Gasteiger partial charge < -0.3 is 15.8 Å². The largest absolute Gasteiger partial charge is 0.480 e. The van der Waals surface area contributed by atoms with E-state index in [4.69, 9.17) is 22.7 Å². The van der Waals surface area contributed by atoms with E-state index in [1.807, 2.05) is 0 Å². The first kappa shape index (κ1) is 15.7. The molecule has 114 valence electrons. The maximum absolute atomic E-state index is 13.7. The fourth-order valence-corrected chi connectivity index (χ4v) is 2.67. The maximum atomic E-state index is 13.7. The van der Waals surface area contributed by atoms with Gasteiger partial charge in [0.2, 0.25) is 0 Å². The first-order valence-electron chi connectivity index (χ1n) is 7.04. The molecular weight excluding hydrogens is 291 g/mol. The lowest BCUT2D eigenvalue weighted by atomic mass is 10.2. The summed E-state index contributed by atoms with van der Waals surface area (Å²) >= 11 is 4.83. The number of nitrogens with two attached hydrogens (primary N) is 1. The van der Waals surface area contributed by atoms with E-state index in [0.29, 0.717) is 0 Å². The van der Waals surface area contributed by atoms with Crippen molar-refractivity contribution >= 4 is 23.1 Å². The Balaban J connectivity index is 2.05. The highest BCUT2D eigenvalue weighted by molar-refractivity contribution is 7.80. The molecule has 1 aliphatic rings. The molecule has 21 heavy (non-hydrogen) atoms. The van der Waals surface area contributed by atoms with Crippen LogP contribution in [0.2, 0.25) is 0 Å². The molecule has 0 aliphatic heterocycles. The number of hydrogen-bond donors (Lipinski definition) is 2. The number of rotatable bonds is 5. The van der Waals surface area contributed by atoms with Gasteiger partial charge in [0, 0.05) is 6.04 Å². The zero-order valence-corrected chi connectivity index (χ0v) is 12.7. The van der Waals surface area contributed by atoms with E-state index in [2.05, 4.69) is 5.32 Å². The molecule has 3 N–H and O–H groups in total. The monoisotopic (exact) mass is 310 g/mol. The number of nitrogens with one attached hydrogen (secondary N) is 1. The number of thiocarbonyl (C=S) groups is 1. The number of halogens is 1. The van der Waals surface area contributed by atoms with Crippen LogP contribution in [0.3, 0.4) is 0 Å². The highest BCUT2D eigenvalue weighted by atomic mass is 32.1. The molecule has 1 aromatic carbocycles. The van der Waals surface area contributed by atoms with Gasteiger partial charge in [0.05, 0.1) is 5.56 Å². The van der Waals surface area contributed by atoms with Crippen LogP contribution in [0.15, 0.2) is 18.2 Å². The van der Waals surface area contributed by atoms with E-state index in [0.717, 1.165) is 25.7 Å². The second-order valence-electron chi connectivity index (χ2n) is 5.23. The first-order valence-corrected chi connectivity index (χ1v) is 7.45. The summed E-state index contributed by atoms with van der Waals surface area (Å²) in [6.07, 6.45) is 3.53. The highest BCUT2D eigenvalue weighted by Crippen LogP contribution is 2.23. The fraction of sp³-hybridized carbons (Fsp3) is 0.467. The van der Waals surface area contributed by atoms with Crippen LogP contribution in [0, 0.1) is 5.82 Å². The fourth-order valence-electron chi connectivity index (χ4n) is 2.47. The van der Waals surface area contributed by atoms with Crippen molar-refractivity contribution in [1.82, 2.24) is 5.32 Å². The second-order valence-corrected chi connectivity index (χ2v) is 5.67. The average Bonchev–Trinajstić information content (AvgIpc) is 2.91. The van der Waals surface area contributed by atoms with Crippen molar-refractivity contribution < 1.29 is 13.9 Å². The van der Waals surface area contributed by atoms with Gasteiger partial charge in [0.15, 0.2) is 6.10 Å². The average molecular weight is 310 g/mol. The molecule has 1 amide bonds. The molecule has 0 bridgehead atoms. The smallest absolute Gasteiger partial charge is 0.260 e. The predicted octanol–water partition coefficient (Wildman–Crippen LogP) is 2.29. The molecule has 0 spiro atoms. The van der Waals surface area contributed by atoms with E-state index in [1.165, 1.54) is 12.1 Å². The molecule has 1 saturated carbocycles. The van der Waals surface area contributed by atoms with Gasteiger partial charge in [-0.15, -0.1) is 0 Å². The van der Waals surface area contributed by atoms with Crippen molar-refractivity contribution in [3.63, 3.8) is 0 Å². The van der Waals surface area contributed by atoms with Gasteiger partial charge in [-0.05, 0) is 31.9 Å². The third kappa shape index (κ3) is 3.91. The molecule has 0 radical (unpaired) electrons. The molecule has 2 rings (SSSR count). The van der Waals surface area contributed by atoms with Crippen molar-refractivity contribution in [2.75, 3.05) is 0 Å². The Labute approximate surface area is 128 Å². The Morgan fingerprint density at radius 1 is 1.48 bits per heavy atom. The Morgan fingerprint density at radius 3 is 2.76 bits per heavy atom. The van der Waals surface area contributed by atoms with Crippen molar-refractivity contribution in [1.29, 1.82) is 0 Å². The molecule has 1 aromatic rings. The van der Waals surface area contributed by atoms with Crippen molar-refractivity contribution in [3.8, 4) is 5.75 Å². The molecule has 4 nitrogen and oxygen atoms in total. The van der Waals surface area contributed by atoms with E-state index < -0.39 is 11.9 Å². The summed E-state index contributed by atoms with van der Waals surface area (Å²) in [7, 11) is 0. The lowest BCUT2D eigenvalue weighted by molar-refractivity contribution is -0.127. The van der Waals surface area contributed by atoms with Gasteiger partial charge in [-0.3, -0.25) is 4.79 Å². The third-order valence-corrected chi connectivity index (χ3v) is 3.80. The van der Waals surface area contributed by atoms with Crippen LogP contribution in [0.4, 0.5) is 4.39 Å². The summed E-state index contributed by atoms with van der Waals surface area (Å²) in [4.78, 5) is 12.0. The van der Waals surface area contributed by atoms with Crippen LogP contribution in [0.5, 0.6) is 5.75 Å². The number of hydrogen-bond acceptors (Lipinski definition) is 3.